The van der Waals surface area contributed by atoms with Crippen LogP contribution >= 0.6 is 0 Å². The van der Waals surface area contributed by atoms with Gasteiger partial charge in [0.15, 0.2) is 0 Å². The van der Waals surface area contributed by atoms with Gasteiger partial charge in [0.2, 0.25) is 5.88 Å². The quantitative estimate of drug-likeness (QED) is 0.661. The van der Waals surface area contributed by atoms with E-state index in [2.05, 4.69) is 17.2 Å². The number of nitrogens with one attached hydrogen (secondary N) is 1. The molecule has 0 fully saturated rings. The predicted molar refractivity (Wildman–Crippen MR) is 72.7 cm³/mol. The number of hydrogen-bond donors (Lipinski definition) is 1. The van der Waals surface area contributed by atoms with Crippen molar-refractivity contribution in [1.82, 2.24) is 4.98 Å². The van der Waals surface area contributed by atoms with E-state index in [1.165, 1.54) is 32.1 Å². The van der Waals surface area contributed by atoms with Crippen molar-refractivity contribution in [3.05, 3.63) is 18.2 Å². The van der Waals surface area contributed by atoms with E-state index >= 15 is 0 Å². The topological polar surface area (TPSA) is 34.1 Å². The molecule has 0 aliphatic carbocycles. The first kappa shape index (κ1) is 13.8. The zero-order valence-electron chi connectivity index (χ0n) is 11.0. The van der Waals surface area contributed by atoms with Gasteiger partial charge in [-0.3, -0.25) is 0 Å². The Morgan fingerprint density at radius 1 is 1.12 bits per heavy atom. The Morgan fingerprint density at radius 2 is 1.88 bits per heavy atom. The van der Waals surface area contributed by atoms with Crippen LogP contribution in [0.4, 0.5) is 5.82 Å². The third kappa shape index (κ3) is 6.15. The standard InChI is InChI=1S/C14H24N2O/c1-3-4-5-6-7-8-12-17-14-11-9-10-13(15-2)16-14/h9-11H,3-8,12H2,1-2H3,(H,15,16). The summed E-state index contributed by atoms with van der Waals surface area (Å²) in [4.78, 5) is 4.31. The fourth-order valence-corrected chi connectivity index (χ4v) is 1.69. The molecule has 1 heterocycles. The van der Waals surface area contributed by atoms with E-state index in [0.29, 0.717) is 5.88 Å². The van der Waals surface area contributed by atoms with Crippen molar-refractivity contribution < 1.29 is 4.74 Å². The Balaban J connectivity index is 2.09. The first-order valence-electron chi connectivity index (χ1n) is 6.64. The van der Waals surface area contributed by atoms with Gasteiger partial charge >= 0.3 is 0 Å². The minimum Gasteiger partial charge on any atom is -0.478 e. The zero-order valence-corrected chi connectivity index (χ0v) is 11.0. The molecule has 0 saturated heterocycles. The van der Waals surface area contributed by atoms with E-state index < -0.39 is 0 Å². The second-order valence-corrected chi connectivity index (χ2v) is 4.23. The summed E-state index contributed by atoms with van der Waals surface area (Å²) in [6, 6.07) is 5.78. The van der Waals surface area contributed by atoms with Crippen molar-refractivity contribution in [3.8, 4) is 5.88 Å². The van der Waals surface area contributed by atoms with Gasteiger partial charge in [-0.25, -0.2) is 0 Å². The van der Waals surface area contributed by atoms with Gasteiger partial charge in [-0.1, -0.05) is 45.1 Å². The molecule has 0 bridgehead atoms. The molecule has 3 nitrogen and oxygen atoms in total. The van der Waals surface area contributed by atoms with Crippen molar-refractivity contribution >= 4 is 5.82 Å². The smallest absolute Gasteiger partial charge is 0.215 e. The third-order valence-corrected chi connectivity index (χ3v) is 2.73. The number of hydrogen-bond acceptors (Lipinski definition) is 3. The van der Waals surface area contributed by atoms with Crippen LogP contribution in [0.15, 0.2) is 18.2 Å². The van der Waals surface area contributed by atoms with Crippen LogP contribution in [0, 0.1) is 0 Å². The summed E-state index contributed by atoms with van der Waals surface area (Å²) in [6.45, 7) is 3.01. The largest absolute Gasteiger partial charge is 0.478 e. The summed E-state index contributed by atoms with van der Waals surface area (Å²) in [7, 11) is 1.86. The molecule has 0 radical (unpaired) electrons. The maximum absolute atomic E-state index is 5.60. The van der Waals surface area contributed by atoms with Gasteiger partial charge < -0.3 is 10.1 Å². The van der Waals surface area contributed by atoms with Crippen LogP contribution in [0.1, 0.15) is 45.4 Å². The SMILES string of the molecule is CCCCCCCCOc1cccc(NC)n1. The van der Waals surface area contributed by atoms with Gasteiger partial charge in [-0.15, -0.1) is 0 Å². The molecular weight excluding hydrogens is 212 g/mol. The van der Waals surface area contributed by atoms with Crippen molar-refractivity contribution in [1.29, 1.82) is 0 Å². The number of rotatable bonds is 9. The molecule has 0 aromatic carbocycles. The van der Waals surface area contributed by atoms with E-state index in [1.807, 2.05) is 25.2 Å². The van der Waals surface area contributed by atoms with E-state index in [4.69, 9.17) is 4.74 Å². The average Bonchev–Trinajstić information content (AvgIpc) is 2.38. The molecule has 0 amide bonds. The summed E-state index contributed by atoms with van der Waals surface area (Å²) in [5.41, 5.74) is 0. The van der Waals surface area contributed by atoms with Gasteiger partial charge in [-0.05, 0) is 12.5 Å². The number of unbranched alkanes of at least 4 members (excludes halogenated alkanes) is 5. The summed E-state index contributed by atoms with van der Waals surface area (Å²) >= 11 is 0. The molecule has 1 aromatic rings. The summed E-state index contributed by atoms with van der Waals surface area (Å²) in [5.74, 6) is 1.57. The fourth-order valence-electron chi connectivity index (χ4n) is 1.69. The predicted octanol–water partition coefficient (Wildman–Crippen LogP) is 3.86. The average molecular weight is 236 g/mol. The lowest BCUT2D eigenvalue weighted by atomic mass is 10.1. The lowest BCUT2D eigenvalue weighted by Gasteiger charge is -2.06. The first-order valence-corrected chi connectivity index (χ1v) is 6.64. The third-order valence-electron chi connectivity index (χ3n) is 2.73. The Morgan fingerprint density at radius 3 is 2.65 bits per heavy atom. The number of ether oxygens (including phenoxy) is 1. The van der Waals surface area contributed by atoms with Crippen LogP contribution in [-0.4, -0.2) is 18.6 Å². The van der Waals surface area contributed by atoms with E-state index in [1.54, 1.807) is 0 Å². The lowest BCUT2D eigenvalue weighted by Crippen LogP contribution is -2.00. The second kappa shape index (κ2) is 8.85. The van der Waals surface area contributed by atoms with E-state index in [9.17, 15) is 0 Å². The highest BCUT2D eigenvalue weighted by Gasteiger charge is 1.97. The molecule has 0 saturated carbocycles. The van der Waals surface area contributed by atoms with Crippen LogP contribution in [0.3, 0.4) is 0 Å². The minimum atomic E-state index is 0.713. The molecular formula is C14H24N2O. The molecule has 1 aromatic heterocycles. The molecule has 0 aliphatic rings. The molecule has 3 heteroatoms. The van der Waals surface area contributed by atoms with Crippen molar-refractivity contribution in [2.24, 2.45) is 0 Å². The Bertz CT molecular complexity index is 302. The number of pyridine rings is 1. The molecule has 1 rings (SSSR count). The second-order valence-electron chi connectivity index (χ2n) is 4.23. The number of nitrogens with zero attached hydrogens (tertiary/aromatic N) is 1. The molecule has 17 heavy (non-hydrogen) atoms. The Kier molecular flexibility index (Phi) is 7.19. The van der Waals surface area contributed by atoms with Crippen LogP contribution in [-0.2, 0) is 0 Å². The molecule has 1 N–H and O–H groups in total. The zero-order chi connectivity index (χ0) is 12.3. The Labute approximate surface area is 105 Å². The maximum Gasteiger partial charge on any atom is 0.215 e. The van der Waals surface area contributed by atoms with Gasteiger partial charge in [0.1, 0.15) is 5.82 Å². The number of aromatic nitrogens is 1. The van der Waals surface area contributed by atoms with E-state index in [0.717, 1.165) is 18.8 Å². The normalized spacial score (nSPS) is 10.2. The van der Waals surface area contributed by atoms with Gasteiger partial charge in [0, 0.05) is 13.1 Å². The molecule has 0 spiro atoms. The van der Waals surface area contributed by atoms with Crippen LogP contribution < -0.4 is 10.1 Å². The Hall–Kier alpha value is -1.25. The number of anilines is 1. The fraction of sp³-hybridized carbons (Fsp3) is 0.643. The van der Waals surface area contributed by atoms with Gasteiger partial charge in [-0.2, -0.15) is 4.98 Å². The molecule has 0 atom stereocenters. The van der Waals surface area contributed by atoms with E-state index in [-0.39, 0.29) is 0 Å². The van der Waals surface area contributed by atoms with Crippen molar-refractivity contribution in [3.63, 3.8) is 0 Å². The van der Waals surface area contributed by atoms with Gasteiger partial charge in [0.25, 0.3) is 0 Å². The summed E-state index contributed by atoms with van der Waals surface area (Å²) in [5, 5.41) is 3.00. The van der Waals surface area contributed by atoms with Crippen LogP contribution in [0.2, 0.25) is 0 Å². The van der Waals surface area contributed by atoms with Crippen LogP contribution in [0.5, 0.6) is 5.88 Å². The molecule has 96 valence electrons. The monoisotopic (exact) mass is 236 g/mol. The minimum absolute atomic E-state index is 0.713. The highest BCUT2D eigenvalue weighted by molar-refractivity contribution is 5.35. The van der Waals surface area contributed by atoms with Crippen molar-refractivity contribution in [2.75, 3.05) is 19.0 Å². The van der Waals surface area contributed by atoms with Crippen molar-refractivity contribution in [2.45, 2.75) is 45.4 Å². The highest BCUT2D eigenvalue weighted by Crippen LogP contribution is 2.11. The maximum atomic E-state index is 5.60. The van der Waals surface area contributed by atoms with Crippen LogP contribution in [0.25, 0.3) is 0 Å². The molecule has 0 unspecified atom stereocenters. The summed E-state index contributed by atoms with van der Waals surface area (Å²) < 4.78 is 5.60. The first-order chi connectivity index (χ1) is 8.36. The van der Waals surface area contributed by atoms with Gasteiger partial charge in [0.05, 0.1) is 6.61 Å². The highest BCUT2D eigenvalue weighted by atomic mass is 16.5. The molecule has 0 aliphatic heterocycles. The summed E-state index contributed by atoms with van der Waals surface area (Å²) in [6.07, 6.45) is 7.70. The lowest BCUT2D eigenvalue weighted by molar-refractivity contribution is 0.293.